The summed E-state index contributed by atoms with van der Waals surface area (Å²) < 4.78 is 29.4. The molecule has 0 aliphatic carbocycles. The third-order valence-electron chi connectivity index (χ3n) is 6.59. The molecule has 0 saturated carbocycles. The number of hydrogen-bond acceptors (Lipinski definition) is 4. The summed E-state index contributed by atoms with van der Waals surface area (Å²) in [5.74, 6) is -2.43. The van der Waals surface area contributed by atoms with Crippen LogP contribution in [0.1, 0.15) is 53.3 Å². The molecule has 1 aromatic heterocycles. The molecule has 164 valence electrons. The number of aromatic hydroxyl groups is 1. The second kappa shape index (κ2) is 7.55. The van der Waals surface area contributed by atoms with Gasteiger partial charge < -0.3 is 10.0 Å². The second-order valence-electron chi connectivity index (χ2n) is 8.43. The highest BCUT2D eigenvalue weighted by Crippen LogP contribution is 2.47. The van der Waals surface area contributed by atoms with Crippen LogP contribution >= 0.6 is 0 Å². The Labute approximate surface area is 182 Å². The maximum atomic E-state index is 14.3. The molecular formula is C24H21F2N3O3. The number of rotatable bonds is 3. The van der Waals surface area contributed by atoms with Crippen LogP contribution in [0.2, 0.25) is 0 Å². The Hall–Kier alpha value is -3.55. The number of hydrogen-bond donors (Lipinski definition) is 1. The van der Waals surface area contributed by atoms with Crippen molar-refractivity contribution in [3.8, 4) is 5.75 Å². The molecule has 0 spiro atoms. The third-order valence-corrected chi connectivity index (χ3v) is 6.59. The molecule has 5 rings (SSSR count). The molecule has 3 heterocycles. The van der Waals surface area contributed by atoms with Gasteiger partial charge in [0.15, 0.2) is 11.4 Å². The van der Waals surface area contributed by atoms with E-state index in [-0.39, 0.29) is 17.8 Å². The lowest BCUT2D eigenvalue weighted by molar-refractivity contribution is 0.0491. The Balaban J connectivity index is 1.79. The molecule has 1 fully saturated rings. The van der Waals surface area contributed by atoms with Crippen LogP contribution in [0, 0.1) is 11.6 Å². The summed E-state index contributed by atoms with van der Waals surface area (Å²) in [5.41, 5.74) is 0.428. The Morgan fingerprint density at radius 1 is 1.03 bits per heavy atom. The van der Waals surface area contributed by atoms with Gasteiger partial charge in [-0.1, -0.05) is 24.3 Å². The molecule has 1 N–H and O–H groups in total. The fraction of sp³-hybridized carbons (Fsp3) is 0.292. The zero-order chi connectivity index (χ0) is 22.6. The Kier molecular flexibility index (Phi) is 4.80. The van der Waals surface area contributed by atoms with E-state index < -0.39 is 40.7 Å². The van der Waals surface area contributed by atoms with Crippen molar-refractivity contribution in [2.24, 2.45) is 0 Å². The lowest BCUT2D eigenvalue weighted by Gasteiger charge is -2.43. The zero-order valence-corrected chi connectivity index (χ0v) is 17.3. The molecule has 2 aliphatic rings. The summed E-state index contributed by atoms with van der Waals surface area (Å²) in [7, 11) is 0. The highest BCUT2D eigenvalue weighted by molar-refractivity contribution is 5.96. The first-order valence-electron chi connectivity index (χ1n) is 10.5. The standard InChI is InChI=1S/C24H21F2N3O3/c1-13-5-10-18-21(29-22(24(32)28(13)18)23(31)19(30)12-27-29)20(14-6-8-16(25)9-7-14)15-3-2-4-17(26)11-15/h2-4,6-9,11-13,18,20-21,31H,5,10H2,1H3/t13-,18-,20?,21-/m1/s1. The van der Waals surface area contributed by atoms with Crippen LogP contribution in [0.4, 0.5) is 8.78 Å². The van der Waals surface area contributed by atoms with E-state index in [0.717, 1.165) is 12.6 Å². The van der Waals surface area contributed by atoms with Crippen LogP contribution in [0.25, 0.3) is 0 Å². The van der Waals surface area contributed by atoms with Gasteiger partial charge in [0.05, 0.1) is 18.3 Å². The van der Waals surface area contributed by atoms with Crippen molar-refractivity contribution in [1.29, 1.82) is 0 Å². The average molecular weight is 437 g/mol. The Bertz CT molecular complexity index is 1260. The molecule has 8 heteroatoms. The van der Waals surface area contributed by atoms with Gasteiger partial charge in [0.1, 0.15) is 11.6 Å². The number of halogens is 2. The minimum atomic E-state index is -0.738. The van der Waals surface area contributed by atoms with Gasteiger partial charge in [-0.25, -0.2) is 8.78 Å². The monoisotopic (exact) mass is 437 g/mol. The molecule has 1 saturated heterocycles. The summed E-state index contributed by atoms with van der Waals surface area (Å²) in [6, 6.07) is 11.1. The minimum Gasteiger partial charge on any atom is -0.502 e. The summed E-state index contributed by atoms with van der Waals surface area (Å²) in [5, 5.41) is 14.7. The van der Waals surface area contributed by atoms with Crippen molar-refractivity contribution < 1.29 is 18.7 Å². The smallest absolute Gasteiger partial charge is 0.276 e. The van der Waals surface area contributed by atoms with Crippen molar-refractivity contribution in [3.63, 3.8) is 0 Å². The van der Waals surface area contributed by atoms with Gasteiger partial charge in [0, 0.05) is 12.0 Å². The lowest BCUT2D eigenvalue weighted by Crippen LogP contribution is -2.52. The van der Waals surface area contributed by atoms with Crippen LogP contribution in [0.5, 0.6) is 5.75 Å². The Morgan fingerprint density at radius 2 is 1.78 bits per heavy atom. The van der Waals surface area contributed by atoms with Crippen molar-refractivity contribution in [3.05, 3.63) is 93.4 Å². The molecule has 2 aliphatic heterocycles. The van der Waals surface area contributed by atoms with E-state index in [4.69, 9.17) is 0 Å². The Morgan fingerprint density at radius 3 is 2.50 bits per heavy atom. The number of carbonyl (C=O) groups excluding carboxylic acids is 1. The lowest BCUT2D eigenvalue weighted by atomic mass is 9.80. The van der Waals surface area contributed by atoms with Crippen LogP contribution in [-0.4, -0.2) is 37.8 Å². The van der Waals surface area contributed by atoms with E-state index in [1.165, 1.54) is 28.9 Å². The fourth-order valence-electron chi connectivity index (χ4n) is 5.19. The predicted molar refractivity (Wildman–Crippen MR) is 112 cm³/mol. The van der Waals surface area contributed by atoms with Gasteiger partial charge in [-0.15, -0.1) is 0 Å². The third kappa shape index (κ3) is 3.09. The van der Waals surface area contributed by atoms with E-state index >= 15 is 0 Å². The average Bonchev–Trinajstić information content (AvgIpc) is 3.16. The van der Waals surface area contributed by atoms with Gasteiger partial charge in [-0.05, 0) is 55.2 Å². The van der Waals surface area contributed by atoms with Crippen LogP contribution < -0.4 is 5.43 Å². The van der Waals surface area contributed by atoms with E-state index in [0.29, 0.717) is 17.5 Å². The number of amides is 1. The van der Waals surface area contributed by atoms with Gasteiger partial charge in [0.25, 0.3) is 5.91 Å². The summed E-state index contributed by atoms with van der Waals surface area (Å²) >= 11 is 0. The highest BCUT2D eigenvalue weighted by atomic mass is 19.1. The minimum absolute atomic E-state index is 0.0974. The molecule has 32 heavy (non-hydrogen) atoms. The van der Waals surface area contributed by atoms with Gasteiger partial charge in [-0.3, -0.25) is 14.3 Å². The normalized spacial score (nSPS) is 23.0. The summed E-state index contributed by atoms with van der Waals surface area (Å²) in [6.45, 7) is 1.92. The van der Waals surface area contributed by atoms with Gasteiger partial charge >= 0.3 is 0 Å². The number of fused-ring (bicyclic) bond motifs is 2. The van der Waals surface area contributed by atoms with Gasteiger partial charge in [-0.2, -0.15) is 5.10 Å². The fourth-order valence-corrected chi connectivity index (χ4v) is 5.19. The van der Waals surface area contributed by atoms with Crippen molar-refractivity contribution in [1.82, 2.24) is 14.7 Å². The number of nitrogens with zero attached hydrogens (tertiary/aromatic N) is 3. The van der Waals surface area contributed by atoms with E-state index in [9.17, 15) is 23.5 Å². The molecule has 6 nitrogen and oxygen atoms in total. The highest BCUT2D eigenvalue weighted by Gasteiger charge is 2.50. The first-order valence-corrected chi connectivity index (χ1v) is 10.5. The molecule has 0 radical (unpaired) electrons. The molecule has 0 bridgehead atoms. The quantitative estimate of drug-likeness (QED) is 0.679. The molecule has 3 aromatic rings. The molecule has 2 aromatic carbocycles. The SMILES string of the molecule is C[C@@H]1CC[C@@H]2[C@H](C(c3ccc(F)cc3)c3cccc(F)c3)n3ncc(=O)c(O)c3C(=O)N12. The topological polar surface area (TPSA) is 75.4 Å². The van der Waals surface area contributed by atoms with E-state index in [1.54, 1.807) is 29.2 Å². The maximum absolute atomic E-state index is 14.3. The maximum Gasteiger partial charge on any atom is 0.276 e. The van der Waals surface area contributed by atoms with Crippen LogP contribution in [0.15, 0.2) is 59.5 Å². The predicted octanol–water partition coefficient (Wildman–Crippen LogP) is 3.61. The van der Waals surface area contributed by atoms with Crippen molar-refractivity contribution in [2.75, 3.05) is 0 Å². The number of benzene rings is 2. The first-order chi connectivity index (χ1) is 15.4. The van der Waals surface area contributed by atoms with Crippen molar-refractivity contribution in [2.45, 2.75) is 43.8 Å². The summed E-state index contributed by atoms with van der Waals surface area (Å²) in [6.07, 6.45) is 2.41. The first kappa shape index (κ1) is 20.4. The number of carbonyl (C=O) groups is 1. The van der Waals surface area contributed by atoms with Crippen LogP contribution in [0.3, 0.4) is 0 Å². The zero-order valence-electron chi connectivity index (χ0n) is 17.3. The van der Waals surface area contributed by atoms with Gasteiger partial charge in [0.2, 0.25) is 5.43 Å². The molecule has 4 atom stereocenters. The largest absolute Gasteiger partial charge is 0.502 e. The van der Waals surface area contributed by atoms with E-state index in [2.05, 4.69) is 5.10 Å². The van der Waals surface area contributed by atoms with E-state index in [1.807, 2.05) is 6.92 Å². The summed E-state index contributed by atoms with van der Waals surface area (Å²) in [4.78, 5) is 27.1. The van der Waals surface area contributed by atoms with Crippen molar-refractivity contribution >= 4 is 5.91 Å². The molecule has 1 amide bonds. The number of aromatic nitrogens is 2. The second-order valence-corrected chi connectivity index (χ2v) is 8.43. The molecule has 1 unspecified atom stereocenters. The van der Waals surface area contributed by atoms with Crippen LogP contribution in [-0.2, 0) is 0 Å². The molecular weight excluding hydrogens is 416 g/mol.